The first kappa shape index (κ1) is 13.8. The van der Waals surface area contributed by atoms with Crippen LogP contribution in [0.2, 0.25) is 5.02 Å². The van der Waals surface area contributed by atoms with Gasteiger partial charge in [-0.2, -0.15) is 5.10 Å². The molecule has 1 amide bonds. The van der Waals surface area contributed by atoms with Gasteiger partial charge in [-0.1, -0.05) is 11.6 Å². The molecule has 0 spiro atoms. The lowest BCUT2D eigenvalue weighted by Gasteiger charge is -2.20. The predicted molar refractivity (Wildman–Crippen MR) is 78.0 cm³/mol. The first-order valence-electron chi connectivity index (χ1n) is 6.49. The molecule has 1 aliphatic rings. The summed E-state index contributed by atoms with van der Waals surface area (Å²) in [5, 5.41) is 7.27. The highest BCUT2D eigenvalue weighted by molar-refractivity contribution is 6.32. The molecule has 1 aromatic heterocycles. The minimum Gasteiger partial charge on any atom is -0.486 e. The Morgan fingerprint density at radius 3 is 3.00 bits per heavy atom. The van der Waals surface area contributed by atoms with E-state index >= 15 is 0 Å². The van der Waals surface area contributed by atoms with Gasteiger partial charge in [0.2, 0.25) is 5.91 Å². The number of carbonyl (C=O) groups is 1. The molecule has 1 N–H and O–H groups in total. The molecular formula is C14H14ClN3O3. The largest absolute Gasteiger partial charge is 0.486 e. The summed E-state index contributed by atoms with van der Waals surface area (Å²) in [6.45, 7) is 0.957. The quantitative estimate of drug-likeness (QED) is 0.942. The molecule has 1 aliphatic heterocycles. The molecule has 7 heteroatoms. The number of hydrogen-bond acceptors (Lipinski definition) is 4. The molecule has 0 saturated heterocycles. The van der Waals surface area contributed by atoms with Crippen LogP contribution in [0.5, 0.6) is 11.5 Å². The molecule has 1 aromatic carbocycles. The summed E-state index contributed by atoms with van der Waals surface area (Å²) < 4.78 is 12.6. The number of nitrogens with one attached hydrogen (secondary N) is 1. The number of aryl methyl sites for hydroxylation is 1. The third-order valence-electron chi connectivity index (χ3n) is 3.00. The van der Waals surface area contributed by atoms with Crippen molar-refractivity contribution in [1.82, 2.24) is 9.78 Å². The van der Waals surface area contributed by atoms with Crippen molar-refractivity contribution in [3.63, 3.8) is 0 Å². The van der Waals surface area contributed by atoms with Gasteiger partial charge < -0.3 is 14.8 Å². The lowest BCUT2D eigenvalue weighted by molar-refractivity contribution is -0.115. The van der Waals surface area contributed by atoms with Crippen molar-refractivity contribution in [2.75, 3.05) is 18.5 Å². The molecule has 2 aromatic rings. The van der Waals surface area contributed by atoms with E-state index < -0.39 is 0 Å². The van der Waals surface area contributed by atoms with Gasteiger partial charge in [0.1, 0.15) is 13.2 Å². The molecule has 3 rings (SSSR count). The van der Waals surface area contributed by atoms with Crippen LogP contribution in [0.25, 0.3) is 0 Å². The van der Waals surface area contributed by atoms with Gasteiger partial charge in [0.25, 0.3) is 0 Å². The zero-order chi connectivity index (χ0) is 14.8. The zero-order valence-electron chi connectivity index (χ0n) is 11.4. The van der Waals surface area contributed by atoms with Gasteiger partial charge in [-0.25, -0.2) is 0 Å². The number of halogens is 1. The van der Waals surface area contributed by atoms with Gasteiger partial charge in [-0.15, -0.1) is 0 Å². The van der Waals surface area contributed by atoms with E-state index in [4.69, 9.17) is 21.1 Å². The van der Waals surface area contributed by atoms with E-state index in [1.807, 2.05) is 0 Å². The maximum atomic E-state index is 12.0. The van der Waals surface area contributed by atoms with Crippen LogP contribution < -0.4 is 14.8 Å². The molecule has 0 fully saturated rings. The number of rotatable bonds is 3. The van der Waals surface area contributed by atoms with Crippen molar-refractivity contribution in [3.8, 4) is 11.5 Å². The maximum Gasteiger partial charge on any atom is 0.229 e. The molecule has 0 bridgehead atoms. The van der Waals surface area contributed by atoms with Crippen LogP contribution in [0.15, 0.2) is 24.4 Å². The number of fused-ring (bicyclic) bond motifs is 1. The minimum absolute atomic E-state index is 0.165. The second-order valence-electron chi connectivity index (χ2n) is 4.70. The number of carbonyl (C=O) groups excluding carboxylic acids is 1. The fraction of sp³-hybridized carbons (Fsp3) is 0.286. The number of nitrogens with zero attached hydrogens (tertiary/aromatic N) is 2. The van der Waals surface area contributed by atoms with E-state index in [2.05, 4.69) is 10.4 Å². The highest BCUT2D eigenvalue weighted by Crippen LogP contribution is 2.38. The Morgan fingerprint density at radius 1 is 1.43 bits per heavy atom. The summed E-state index contributed by atoms with van der Waals surface area (Å²) in [5.74, 6) is 1.47. The Labute approximate surface area is 126 Å². The molecule has 110 valence electrons. The smallest absolute Gasteiger partial charge is 0.229 e. The van der Waals surface area contributed by atoms with Crippen molar-refractivity contribution in [3.05, 3.63) is 35.0 Å². The van der Waals surface area contributed by atoms with Gasteiger partial charge in [0.05, 0.1) is 11.4 Å². The van der Waals surface area contributed by atoms with E-state index in [-0.39, 0.29) is 12.3 Å². The maximum absolute atomic E-state index is 12.0. The van der Waals surface area contributed by atoms with Crippen LogP contribution in [-0.2, 0) is 18.3 Å². The Hall–Kier alpha value is -2.21. The fourth-order valence-corrected chi connectivity index (χ4v) is 2.41. The third kappa shape index (κ3) is 3.11. The summed E-state index contributed by atoms with van der Waals surface area (Å²) in [7, 11) is 1.79. The SMILES string of the molecule is Cn1ccc(NC(=O)Cc2cc(Cl)c3c(c2)OCCO3)n1. The van der Waals surface area contributed by atoms with E-state index in [0.717, 1.165) is 5.56 Å². The van der Waals surface area contributed by atoms with Crippen molar-refractivity contribution in [2.24, 2.45) is 7.05 Å². The highest BCUT2D eigenvalue weighted by atomic mass is 35.5. The predicted octanol–water partition coefficient (Wildman–Crippen LogP) is 2.03. The summed E-state index contributed by atoms with van der Waals surface area (Å²) in [6.07, 6.45) is 1.95. The van der Waals surface area contributed by atoms with Crippen LogP contribution >= 0.6 is 11.6 Å². The van der Waals surface area contributed by atoms with Crippen molar-refractivity contribution < 1.29 is 14.3 Å². The lowest BCUT2D eigenvalue weighted by atomic mass is 10.1. The van der Waals surface area contributed by atoms with E-state index in [1.54, 1.807) is 36.1 Å². The topological polar surface area (TPSA) is 65.4 Å². The number of ether oxygens (including phenoxy) is 2. The Kier molecular flexibility index (Phi) is 3.70. The molecule has 6 nitrogen and oxygen atoms in total. The molecular weight excluding hydrogens is 294 g/mol. The van der Waals surface area contributed by atoms with Crippen molar-refractivity contribution >= 4 is 23.3 Å². The number of anilines is 1. The van der Waals surface area contributed by atoms with Crippen LogP contribution in [0.4, 0.5) is 5.82 Å². The van der Waals surface area contributed by atoms with Gasteiger partial charge in [0, 0.05) is 19.3 Å². The second-order valence-corrected chi connectivity index (χ2v) is 5.11. The van der Waals surface area contributed by atoms with Gasteiger partial charge >= 0.3 is 0 Å². The number of amides is 1. The first-order valence-corrected chi connectivity index (χ1v) is 6.87. The van der Waals surface area contributed by atoms with Crippen LogP contribution in [0.3, 0.4) is 0 Å². The first-order chi connectivity index (χ1) is 10.1. The molecule has 0 saturated carbocycles. The molecule has 21 heavy (non-hydrogen) atoms. The van der Waals surface area contributed by atoms with Crippen LogP contribution in [-0.4, -0.2) is 28.9 Å². The average molecular weight is 308 g/mol. The van der Waals surface area contributed by atoms with E-state index in [9.17, 15) is 4.79 Å². The molecule has 0 radical (unpaired) electrons. The van der Waals surface area contributed by atoms with E-state index in [1.165, 1.54) is 0 Å². The lowest BCUT2D eigenvalue weighted by Crippen LogP contribution is -2.17. The van der Waals surface area contributed by atoms with Crippen molar-refractivity contribution in [2.45, 2.75) is 6.42 Å². The Morgan fingerprint density at radius 2 is 2.24 bits per heavy atom. The average Bonchev–Trinajstić information content (AvgIpc) is 2.84. The van der Waals surface area contributed by atoms with Gasteiger partial charge in [-0.05, 0) is 17.7 Å². The fourth-order valence-electron chi connectivity index (χ4n) is 2.12. The molecule has 0 atom stereocenters. The van der Waals surface area contributed by atoms with Gasteiger partial charge in [0.15, 0.2) is 17.3 Å². The molecule has 2 heterocycles. The summed E-state index contributed by atoms with van der Waals surface area (Å²) in [5.41, 5.74) is 0.762. The summed E-state index contributed by atoms with van der Waals surface area (Å²) >= 11 is 6.14. The minimum atomic E-state index is -0.165. The molecule has 0 aliphatic carbocycles. The molecule has 0 unspecified atom stereocenters. The second kappa shape index (κ2) is 5.65. The normalized spacial score (nSPS) is 13.0. The highest BCUT2D eigenvalue weighted by Gasteiger charge is 2.17. The van der Waals surface area contributed by atoms with E-state index in [0.29, 0.717) is 35.6 Å². The van der Waals surface area contributed by atoms with Gasteiger partial charge in [-0.3, -0.25) is 9.48 Å². The zero-order valence-corrected chi connectivity index (χ0v) is 12.2. The Bertz CT molecular complexity index is 684. The van der Waals surface area contributed by atoms with Crippen LogP contribution in [0.1, 0.15) is 5.56 Å². The van der Waals surface area contributed by atoms with Crippen molar-refractivity contribution in [1.29, 1.82) is 0 Å². The number of benzene rings is 1. The number of aromatic nitrogens is 2. The monoisotopic (exact) mass is 307 g/mol. The number of hydrogen-bond donors (Lipinski definition) is 1. The summed E-state index contributed by atoms with van der Waals surface area (Å²) in [6, 6.07) is 5.22. The summed E-state index contributed by atoms with van der Waals surface area (Å²) in [4.78, 5) is 12.0. The van der Waals surface area contributed by atoms with Crippen LogP contribution in [0, 0.1) is 0 Å². The Balaban J connectivity index is 1.72. The standard InChI is InChI=1S/C14H14ClN3O3/c1-18-3-2-12(17-18)16-13(19)8-9-6-10(15)14-11(7-9)20-4-5-21-14/h2-3,6-7H,4-5,8H2,1H3,(H,16,17,19). The third-order valence-corrected chi connectivity index (χ3v) is 3.28.